The van der Waals surface area contributed by atoms with Crippen LogP contribution in [0.25, 0.3) is 0 Å². The summed E-state index contributed by atoms with van der Waals surface area (Å²) >= 11 is 0. The molecule has 19 heavy (non-hydrogen) atoms. The maximum atomic E-state index is 12.2. The molecule has 5 heteroatoms. The minimum absolute atomic E-state index is 0.0952. The van der Waals surface area contributed by atoms with E-state index in [-0.39, 0.29) is 12.0 Å². The summed E-state index contributed by atoms with van der Waals surface area (Å²) in [7, 11) is 0. The zero-order valence-electron chi connectivity index (χ0n) is 10.4. The van der Waals surface area contributed by atoms with E-state index in [9.17, 15) is 4.79 Å². The molecule has 98 valence electrons. The van der Waals surface area contributed by atoms with E-state index in [2.05, 4.69) is 4.98 Å². The summed E-state index contributed by atoms with van der Waals surface area (Å²) in [4.78, 5) is 18.0. The van der Waals surface area contributed by atoms with E-state index in [1.807, 2.05) is 12.1 Å². The summed E-state index contributed by atoms with van der Waals surface area (Å²) in [6, 6.07) is 7.22. The van der Waals surface area contributed by atoms with Crippen molar-refractivity contribution in [2.45, 2.75) is 6.10 Å². The lowest BCUT2D eigenvalue weighted by molar-refractivity contribution is -0.0239. The Morgan fingerprint density at radius 2 is 2.32 bits per heavy atom. The molecule has 0 aliphatic carbocycles. The molecule has 0 aromatic carbocycles. The van der Waals surface area contributed by atoms with Crippen molar-refractivity contribution in [1.82, 2.24) is 9.88 Å². The Morgan fingerprint density at radius 1 is 1.37 bits per heavy atom. The Labute approximate surface area is 110 Å². The van der Waals surface area contributed by atoms with Crippen LogP contribution in [0.2, 0.25) is 0 Å². The number of morpholine rings is 1. The van der Waals surface area contributed by atoms with Gasteiger partial charge in [0.25, 0.3) is 5.91 Å². The highest BCUT2D eigenvalue weighted by molar-refractivity contribution is 5.91. The molecule has 3 rings (SSSR count). The molecular formula is C14H14N2O3. The molecule has 5 nitrogen and oxygen atoms in total. The van der Waals surface area contributed by atoms with Gasteiger partial charge in [-0.05, 0) is 18.2 Å². The third kappa shape index (κ3) is 2.51. The van der Waals surface area contributed by atoms with Gasteiger partial charge in [-0.25, -0.2) is 0 Å². The minimum Gasteiger partial charge on any atom is -0.459 e. The zero-order chi connectivity index (χ0) is 13.1. The molecule has 1 saturated heterocycles. The summed E-state index contributed by atoms with van der Waals surface area (Å²) in [5.41, 5.74) is 0.986. The average Bonchev–Trinajstić information content (AvgIpc) is 3.02. The predicted octanol–water partition coefficient (Wildman–Crippen LogP) is 1.89. The van der Waals surface area contributed by atoms with Crippen molar-refractivity contribution in [2.75, 3.05) is 19.7 Å². The molecule has 1 unspecified atom stereocenters. The largest absolute Gasteiger partial charge is 0.459 e. The molecule has 0 bridgehead atoms. The molecule has 1 atom stereocenters. The van der Waals surface area contributed by atoms with Crippen LogP contribution in [0.15, 0.2) is 47.3 Å². The third-order valence-corrected chi connectivity index (χ3v) is 3.14. The average molecular weight is 258 g/mol. The van der Waals surface area contributed by atoms with Gasteiger partial charge in [-0.2, -0.15) is 0 Å². The van der Waals surface area contributed by atoms with Crippen molar-refractivity contribution in [1.29, 1.82) is 0 Å². The number of pyridine rings is 1. The Morgan fingerprint density at radius 3 is 3.05 bits per heavy atom. The van der Waals surface area contributed by atoms with E-state index < -0.39 is 0 Å². The number of carbonyl (C=O) groups is 1. The van der Waals surface area contributed by atoms with Crippen LogP contribution in [0, 0.1) is 0 Å². The maximum Gasteiger partial charge on any atom is 0.289 e. The second kappa shape index (κ2) is 5.24. The summed E-state index contributed by atoms with van der Waals surface area (Å²) < 4.78 is 10.8. The van der Waals surface area contributed by atoms with Crippen LogP contribution in [0.3, 0.4) is 0 Å². The van der Waals surface area contributed by atoms with Crippen LogP contribution in [0.1, 0.15) is 22.2 Å². The van der Waals surface area contributed by atoms with Gasteiger partial charge >= 0.3 is 0 Å². The molecular weight excluding hydrogens is 244 g/mol. The standard InChI is InChI=1S/C14H14N2O3/c17-14(12-4-2-7-18-12)16-6-8-19-13(10-16)11-3-1-5-15-9-11/h1-5,7,9,13H,6,8,10H2. The Bertz CT molecular complexity index is 539. The first-order chi connectivity index (χ1) is 9.34. The predicted molar refractivity (Wildman–Crippen MR) is 67.5 cm³/mol. The second-order valence-corrected chi connectivity index (χ2v) is 4.37. The molecule has 1 aliphatic rings. The molecule has 2 aromatic rings. The number of carbonyl (C=O) groups excluding carboxylic acids is 1. The third-order valence-electron chi connectivity index (χ3n) is 3.14. The number of rotatable bonds is 2. The Kier molecular flexibility index (Phi) is 3.29. The number of hydrogen-bond donors (Lipinski definition) is 0. The quantitative estimate of drug-likeness (QED) is 0.825. The van der Waals surface area contributed by atoms with Gasteiger partial charge in [-0.3, -0.25) is 9.78 Å². The summed E-state index contributed by atoms with van der Waals surface area (Å²) in [6.45, 7) is 1.62. The number of ether oxygens (including phenoxy) is 1. The van der Waals surface area contributed by atoms with Crippen LogP contribution < -0.4 is 0 Å². The lowest BCUT2D eigenvalue weighted by Gasteiger charge is -2.32. The fraction of sp³-hybridized carbons (Fsp3) is 0.286. The van der Waals surface area contributed by atoms with Gasteiger partial charge in [0, 0.05) is 24.5 Å². The number of aromatic nitrogens is 1. The monoisotopic (exact) mass is 258 g/mol. The summed E-state index contributed by atoms with van der Waals surface area (Å²) in [5, 5.41) is 0. The first-order valence-electron chi connectivity index (χ1n) is 6.19. The van der Waals surface area contributed by atoms with Crippen LogP contribution in [-0.4, -0.2) is 35.5 Å². The van der Waals surface area contributed by atoms with E-state index in [0.717, 1.165) is 5.56 Å². The van der Waals surface area contributed by atoms with Gasteiger partial charge in [-0.15, -0.1) is 0 Å². The lowest BCUT2D eigenvalue weighted by atomic mass is 10.1. The SMILES string of the molecule is O=C(c1ccco1)N1CCOC(c2cccnc2)C1. The molecule has 0 N–H and O–H groups in total. The topological polar surface area (TPSA) is 55.6 Å². The molecule has 3 heterocycles. The van der Waals surface area contributed by atoms with Crippen LogP contribution in [0.5, 0.6) is 0 Å². The summed E-state index contributed by atoms with van der Waals surface area (Å²) in [6.07, 6.45) is 4.87. The van der Waals surface area contributed by atoms with Crippen LogP contribution in [0.4, 0.5) is 0 Å². The molecule has 2 aromatic heterocycles. The number of nitrogens with zero attached hydrogens (tertiary/aromatic N) is 2. The first-order valence-corrected chi connectivity index (χ1v) is 6.19. The summed E-state index contributed by atoms with van der Waals surface area (Å²) in [5.74, 6) is 0.272. The number of furan rings is 1. The van der Waals surface area contributed by atoms with Crippen molar-refractivity contribution >= 4 is 5.91 Å². The van der Waals surface area contributed by atoms with Crippen molar-refractivity contribution in [3.63, 3.8) is 0 Å². The molecule has 0 saturated carbocycles. The molecule has 1 aliphatic heterocycles. The highest BCUT2D eigenvalue weighted by Gasteiger charge is 2.27. The Hall–Kier alpha value is -2.14. The zero-order valence-corrected chi connectivity index (χ0v) is 10.4. The van der Waals surface area contributed by atoms with E-state index in [1.165, 1.54) is 6.26 Å². The smallest absolute Gasteiger partial charge is 0.289 e. The fourth-order valence-electron chi connectivity index (χ4n) is 2.16. The lowest BCUT2D eigenvalue weighted by Crippen LogP contribution is -2.42. The van der Waals surface area contributed by atoms with Crippen molar-refractivity contribution in [2.24, 2.45) is 0 Å². The van der Waals surface area contributed by atoms with Gasteiger partial charge in [0.15, 0.2) is 5.76 Å². The second-order valence-electron chi connectivity index (χ2n) is 4.37. The fourth-order valence-corrected chi connectivity index (χ4v) is 2.16. The highest BCUT2D eigenvalue weighted by atomic mass is 16.5. The van der Waals surface area contributed by atoms with Gasteiger partial charge in [-0.1, -0.05) is 6.07 Å². The van der Waals surface area contributed by atoms with E-state index in [4.69, 9.17) is 9.15 Å². The van der Waals surface area contributed by atoms with Gasteiger partial charge in [0.2, 0.25) is 0 Å². The number of amides is 1. The highest BCUT2D eigenvalue weighted by Crippen LogP contribution is 2.22. The van der Waals surface area contributed by atoms with Crippen molar-refractivity contribution < 1.29 is 13.9 Å². The Balaban J connectivity index is 1.73. The molecule has 0 radical (unpaired) electrons. The van der Waals surface area contributed by atoms with Crippen molar-refractivity contribution in [3.8, 4) is 0 Å². The maximum absolute atomic E-state index is 12.2. The van der Waals surface area contributed by atoms with E-state index in [0.29, 0.717) is 25.5 Å². The molecule has 1 amide bonds. The van der Waals surface area contributed by atoms with Gasteiger partial charge in [0.05, 0.1) is 19.4 Å². The first kappa shape index (κ1) is 11.9. The minimum atomic E-state index is -0.124. The normalized spacial score (nSPS) is 19.4. The van der Waals surface area contributed by atoms with Crippen LogP contribution in [-0.2, 0) is 4.74 Å². The van der Waals surface area contributed by atoms with Crippen LogP contribution >= 0.6 is 0 Å². The van der Waals surface area contributed by atoms with Gasteiger partial charge < -0.3 is 14.1 Å². The molecule has 0 spiro atoms. The van der Waals surface area contributed by atoms with E-state index in [1.54, 1.807) is 29.4 Å². The van der Waals surface area contributed by atoms with Gasteiger partial charge in [0.1, 0.15) is 6.10 Å². The number of hydrogen-bond acceptors (Lipinski definition) is 4. The van der Waals surface area contributed by atoms with E-state index >= 15 is 0 Å². The van der Waals surface area contributed by atoms with Crippen molar-refractivity contribution in [3.05, 3.63) is 54.2 Å². The molecule has 1 fully saturated rings.